The minimum atomic E-state index is -0.900. The molecule has 110 valence electrons. The second kappa shape index (κ2) is 6.96. The highest BCUT2D eigenvalue weighted by Crippen LogP contribution is 2.25. The molecule has 0 aliphatic heterocycles. The SMILES string of the molecule is COCC(=O)Nc1ccc(-c2nc(CC(=O)O)cs2)cc1. The van der Waals surface area contributed by atoms with E-state index < -0.39 is 5.97 Å². The van der Waals surface area contributed by atoms with Gasteiger partial charge in [-0.2, -0.15) is 0 Å². The number of aromatic nitrogens is 1. The molecular weight excluding hydrogens is 292 g/mol. The molecule has 0 saturated heterocycles. The fourth-order valence-corrected chi connectivity index (χ4v) is 2.53. The summed E-state index contributed by atoms with van der Waals surface area (Å²) in [4.78, 5) is 26.3. The summed E-state index contributed by atoms with van der Waals surface area (Å²) < 4.78 is 4.73. The lowest BCUT2D eigenvalue weighted by Gasteiger charge is -2.04. The summed E-state index contributed by atoms with van der Waals surface area (Å²) in [6, 6.07) is 7.18. The van der Waals surface area contributed by atoms with Gasteiger partial charge in [-0.05, 0) is 24.3 Å². The van der Waals surface area contributed by atoms with Gasteiger partial charge in [0.25, 0.3) is 0 Å². The summed E-state index contributed by atoms with van der Waals surface area (Å²) in [5.74, 6) is -1.12. The molecule has 1 aromatic carbocycles. The second-order valence-electron chi connectivity index (χ2n) is 4.27. The Bertz CT molecular complexity index is 637. The summed E-state index contributed by atoms with van der Waals surface area (Å²) in [6.45, 7) is 0.00673. The van der Waals surface area contributed by atoms with Crippen LogP contribution >= 0.6 is 11.3 Å². The van der Waals surface area contributed by atoms with Crippen molar-refractivity contribution in [1.29, 1.82) is 0 Å². The first-order valence-electron chi connectivity index (χ1n) is 6.14. The van der Waals surface area contributed by atoms with Crippen LogP contribution in [0, 0.1) is 0 Å². The zero-order valence-corrected chi connectivity index (χ0v) is 12.1. The lowest BCUT2D eigenvalue weighted by Crippen LogP contribution is -2.16. The lowest BCUT2D eigenvalue weighted by atomic mass is 10.2. The van der Waals surface area contributed by atoms with Crippen LogP contribution in [0.4, 0.5) is 5.69 Å². The summed E-state index contributed by atoms with van der Waals surface area (Å²) in [5.41, 5.74) is 2.09. The number of nitrogens with zero attached hydrogens (tertiary/aromatic N) is 1. The van der Waals surface area contributed by atoms with Gasteiger partial charge in [0.05, 0.1) is 12.1 Å². The Morgan fingerprint density at radius 1 is 1.33 bits per heavy atom. The molecule has 0 spiro atoms. The van der Waals surface area contributed by atoms with Crippen LogP contribution in [-0.4, -0.2) is 35.7 Å². The number of anilines is 1. The van der Waals surface area contributed by atoms with Crippen molar-refractivity contribution in [2.45, 2.75) is 6.42 Å². The molecule has 0 fully saturated rings. The third kappa shape index (κ3) is 4.37. The monoisotopic (exact) mass is 306 g/mol. The molecule has 2 aromatic rings. The molecule has 7 heteroatoms. The van der Waals surface area contributed by atoms with Gasteiger partial charge in [-0.1, -0.05) is 0 Å². The zero-order valence-electron chi connectivity index (χ0n) is 11.3. The Morgan fingerprint density at radius 2 is 2.05 bits per heavy atom. The number of thiazole rings is 1. The Labute approximate surface area is 125 Å². The van der Waals surface area contributed by atoms with Gasteiger partial charge in [0.2, 0.25) is 5.91 Å². The normalized spacial score (nSPS) is 10.3. The van der Waals surface area contributed by atoms with Gasteiger partial charge in [-0.25, -0.2) is 4.98 Å². The number of carbonyl (C=O) groups is 2. The maximum Gasteiger partial charge on any atom is 0.309 e. The van der Waals surface area contributed by atoms with Gasteiger partial charge in [-0.15, -0.1) is 11.3 Å². The van der Waals surface area contributed by atoms with Crippen molar-refractivity contribution in [3.05, 3.63) is 35.3 Å². The van der Waals surface area contributed by atoms with Gasteiger partial charge in [-0.3, -0.25) is 9.59 Å². The topological polar surface area (TPSA) is 88.5 Å². The lowest BCUT2D eigenvalue weighted by molar-refractivity contribution is -0.136. The molecule has 1 aromatic heterocycles. The van der Waals surface area contributed by atoms with Crippen LogP contribution in [0.3, 0.4) is 0 Å². The van der Waals surface area contributed by atoms with Crippen molar-refractivity contribution in [3.63, 3.8) is 0 Å². The average Bonchev–Trinajstić information content (AvgIpc) is 2.87. The maximum atomic E-state index is 11.4. The average molecular weight is 306 g/mol. The molecule has 21 heavy (non-hydrogen) atoms. The highest BCUT2D eigenvalue weighted by molar-refractivity contribution is 7.13. The first-order chi connectivity index (χ1) is 10.1. The third-order valence-electron chi connectivity index (χ3n) is 2.58. The summed E-state index contributed by atoms with van der Waals surface area (Å²) >= 11 is 1.39. The van der Waals surface area contributed by atoms with Gasteiger partial charge in [0, 0.05) is 23.7 Å². The number of benzene rings is 1. The molecule has 6 nitrogen and oxygen atoms in total. The predicted octanol–water partition coefficient (Wildman–Crippen LogP) is 2.02. The minimum absolute atomic E-state index is 0.00673. The minimum Gasteiger partial charge on any atom is -0.481 e. The van der Waals surface area contributed by atoms with Gasteiger partial charge in [0.15, 0.2) is 0 Å². The number of ether oxygens (including phenoxy) is 1. The molecular formula is C14H14N2O4S. The molecule has 0 unspecified atom stereocenters. The number of rotatable bonds is 6. The van der Waals surface area contributed by atoms with E-state index in [1.807, 2.05) is 12.1 Å². The maximum absolute atomic E-state index is 11.4. The Kier molecular flexibility index (Phi) is 5.02. The van der Waals surface area contributed by atoms with Crippen LogP contribution in [0.1, 0.15) is 5.69 Å². The molecule has 0 atom stereocenters. The Hall–Kier alpha value is -2.25. The summed E-state index contributed by atoms with van der Waals surface area (Å²) in [7, 11) is 1.46. The van der Waals surface area contributed by atoms with Gasteiger partial charge in [0.1, 0.15) is 11.6 Å². The van der Waals surface area contributed by atoms with Crippen LogP contribution in [-0.2, 0) is 20.7 Å². The van der Waals surface area contributed by atoms with Crippen molar-refractivity contribution < 1.29 is 19.4 Å². The van der Waals surface area contributed by atoms with Crippen molar-refractivity contribution in [1.82, 2.24) is 4.98 Å². The Balaban J connectivity index is 2.06. The van der Waals surface area contributed by atoms with E-state index in [-0.39, 0.29) is 18.9 Å². The fraction of sp³-hybridized carbons (Fsp3) is 0.214. The van der Waals surface area contributed by atoms with Crippen molar-refractivity contribution in [3.8, 4) is 10.6 Å². The van der Waals surface area contributed by atoms with E-state index in [1.54, 1.807) is 17.5 Å². The second-order valence-corrected chi connectivity index (χ2v) is 5.13. The van der Waals surface area contributed by atoms with Crippen molar-refractivity contribution in [2.24, 2.45) is 0 Å². The third-order valence-corrected chi connectivity index (χ3v) is 3.52. The van der Waals surface area contributed by atoms with Crippen LogP contribution in [0.2, 0.25) is 0 Å². The number of carboxylic acid groups (broad SMARTS) is 1. The fourth-order valence-electron chi connectivity index (χ4n) is 1.70. The molecule has 0 bridgehead atoms. The van der Waals surface area contributed by atoms with Crippen molar-refractivity contribution >= 4 is 28.9 Å². The number of methoxy groups -OCH3 is 1. The number of aliphatic carboxylic acids is 1. The van der Waals surface area contributed by atoms with E-state index in [1.165, 1.54) is 18.4 Å². The first kappa shape index (κ1) is 15.1. The molecule has 0 aliphatic rings. The highest BCUT2D eigenvalue weighted by atomic mass is 32.1. The molecule has 0 saturated carbocycles. The van der Waals surface area contributed by atoms with E-state index in [2.05, 4.69) is 10.3 Å². The van der Waals surface area contributed by atoms with E-state index in [9.17, 15) is 9.59 Å². The van der Waals surface area contributed by atoms with Crippen LogP contribution in [0.15, 0.2) is 29.6 Å². The molecule has 0 radical (unpaired) electrons. The molecule has 1 amide bonds. The standard InChI is InChI=1S/C14H14N2O4S/c1-20-7-12(17)15-10-4-2-9(3-5-10)14-16-11(8-21-14)6-13(18)19/h2-5,8H,6-7H2,1H3,(H,15,17)(H,18,19). The van der Waals surface area contributed by atoms with Crippen LogP contribution < -0.4 is 5.32 Å². The number of nitrogens with one attached hydrogen (secondary N) is 1. The number of carbonyl (C=O) groups excluding carboxylic acids is 1. The smallest absolute Gasteiger partial charge is 0.309 e. The van der Waals surface area contributed by atoms with Gasteiger partial charge < -0.3 is 15.2 Å². The summed E-state index contributed by atoms with van der Waals surface area (Å²) in [5, 5.41) is 13.9. The van der Waals surface area contributed by atoms with Crippen molar-refractivity contribution in [2.75, 3.05) is 19.0 Å². The quantitative estimate of drug-likeness (QED) is 0.852. The van der Waals surface area contributed by atoms with E-state index >= 15 is 0 Å². The largest absolute Gasteiger partial charge is 0.481 e. The molecule has 2 N–H and O–H groups in total. The number of hydrogen-bond donors (Lipinski definition) is 2. The van der Waals surface area contributed by atoms with Crippen LogP contribution in [0.5, 0.6) is 0 Å². The summed E-state index contributed by atoms with van der Waals surface area (Å²) in [6.07, 6.45) is -0.0817. The van der Waals surface area contributed by atoms with Gasteiger partial charge >= 0.3 is 5.97 Å². The van der Waals surface area contributed by atoms with E-state index in [0.717, 1.165) is 10.6 Å². The predicted molar refractivity (Wildman–Crippen MR) is 79.4 cm³/mol. The zero-order chi connectivity index (χ0) is 15.2. The van der Waals surface area contributed by atoms with Crippen LogP contribution in [0.25, 0.3) is 10.6 Å². The van der Waals surface area contributed by atoms with E-state index in [4.69, 9.17) is 9.84 Å². The molecule has 2 rings (SSSR count). The molecule has 1 heterocycles. The highest BCUT2D eigenvalue weighted by Gasteiger charge is 2.08. The molecule has 0 aliphatic carbocycles. The van der Waals surface area contributed by atoms with E-state index in [0.29, 0.717) is 11.4 Å². The first-order valence-corrected chi connectivity index (χ1v) is 7.02. The number of amides is 1. The number of hydrogen-bond acceptors (Lipinski definition) is 5. The Morgan fingerprint density at radius 3 is 2.67 bits per heavy atom. The number of carboxylic acids is 1.